The molecule has 0 unspecified atom stereocenters. The molecule has 118 valence electrons. The summed E-state index contributed by atoms with van der Waals surface area (Å²) in [4.78, 5) is 2.45. The fraction of sp³-hybridized carbons (Fsp3) is 0.600. The van der Waals surface area contributed by atoms with Gasteiger partial charge in [-0.15, -0.1) is 0 Å². The van der Waals surface area contributed by atoms with Gasteiger partial charge in [0.2, 0.25) is 10.0 Å². The Morgan fingerprint density at radius 2 is 1.81 bits per heavy atom. The van der Waals surface area contributed by atoms with Crippen LogP contribution in [0.15, 0.2) is 29.2 Å². The van der Waals surface area contributed by atoms with Gasteiger partial charge in [-0.3, -0.25) is 0 Å². The number of benzene rings is 1. The number of likely N-dealkylation sites (N-methyl/N-ethyl adjacent to an activating group) is 1. The highest BCUT2D eigenvalue weighted by Gasteiger charge is 2.24. The Morgan fingerprint density at radius 1 is 1.24 bits per heavy atom. The second kappa shape index (κ2) is 6.87. The standard InChI is InChI=1S/C15H24N2O3S/c1-13-5-7-15(8-6-13)21(19,20)16(2)11-14(18)12-17-9-3-4-10-17/h5-8,14,18H,3-4,9-12H2,1-2H3/t14-/m0/s1. The lowest BCUT2D eigenvalue weighted by Crippen LogP contribution is -2.40. The molecule has 0 aliphatic carbocycles. The van der Waals surface area contributed by atoms with Crippen molar-refractivity contribution >= 4 is 10.0 Å². The number of rotatable bonds is 6. The summed E-state index contributed by atoms with van der Waals surface area (Å²) < 4.78 is 26.1. The molecule has 6 heteroatoms. The molecule has 0 bridgehead atoms. The Hall–Kier alpha value is -0.950. The van der Waals surface area contributed by atoms with Gasteiger partial charge in [0.15, 0.2) is 0 Å². The molecule has 0 radical (unpaired) electrons. The second-order valence-corrected chi connectivity index (χ2v) is 7.81. The smallest absolute Gasteiger partial charge is 0.242 e. The van der Waals surface area contributed by atoms with E-state index in [0.29, 0.717) is 6.54 Å². The summed E-state index contributed by atoms with van der Waals surface area (Å²) in [5.74, 6) is 0. The Balaban J connectivity index is 1.97. The molecule has 2 rings (SSSR count). The molecule has 0 aromatic heterocycles. The SMILES string of the molecule is Cc1ccc(S(=O)(=O)N(C)C[C@H](O)CN2CCCC2)cc1. The number of likely N-dealkylation sites (tertiary alicyclic amines) is 1. The molecule has 5 nitrogen and oxygen atoms in total. The summed E-state index contributed by atoms with van der Waals surface area (Å²) in [6, 6.07) is 6.77. The molecular formula is C15H24N2O3S. The first-order chi connectivity index (χ1) is 9.89. The Morgan fingerprint density at radius 3 is 2.38 bits per heavy atom. The van der Waals surface area contributed by atoms with E-state index in [1.807, 2.05) is 6.92 Å². The van der Waals surface area contributed by atoms with Crippen molar-refractivity contribution < 1.29 is 13.5 Å². The van der Waals surface area contributed by atoms with Crippen molar-refractivity contribution in [3.05, 3.63) is 29.8 Å². The summed E-state index contributed by atoms with van der Waals surface area (Å²) in [5.41, 5.74) is 1.02. The highest BCUT2D eigenvalue weighted by molar-refractivity contribution is 7.89. The summed E-state index contributed by atoms with van der Waals surface area (Å²) in [7, 11) is -2.01. The summed E-state index contributed by atoms with van der Waals surface area (Å²) >= 11 is 0. The largest absolute Gasteiger partial charge is 0.390 e. The van der Waals surface area contributed by atoms with Crippen LogP contribution in [0.2, 0.25) is 0 Å². The van der Waals surface area contributed by atoms with E-state index in [4.69, 9.17) is 0 Å². The van der Waals surface area contributed by atoms with Gasteiger partial charge in [0, 0.05) is 20.1 Å². The summed E-state index contributed by atoms with van der Waals surface area (Å²) in [6.07, 6.45) is 1.65. The number of aryl methyl sites for hydroxylation is 1. The van der Waals surface area contributed by atoms with Crippen LogP contribution in [0.5, 0.6) is 0 Å². The van der Waals surface area contributed by atoms with E-state index in [1.165, 1.54) is 11.4 Å². The van der Waals surface area contributed by atoms with Crippen LogP contribution in [0.3, 0.4) is 0 Å². The number of β-amino-alcohol motifs (C(OH)–C–C–N with tert-alkyl or cyclic N) is 1. The van der Waals surface area contributed by atoms with Crippen LogP contribution in [0.1, 0.15) is 18.4 Å². The predicted octanol–water partition coefficient (Wildman–Crippen LogP) is 1.07. The Kier molecular flexibility index (Phi) is 5.37. The van der Waals surface area contributed by atoms with Gasteiger partial charge in [-0.2, -0.15) is 4.31 Å². The molecule has 21 heavy (non-hydrogen) atoms. The van der Waals surface area contributed by atoms with Crippen LogP contribution in [-0.4, -0.2) is 62.1 Å². The van der Waals surface area contributed by atoms with E-state index < -0.39 is 16.1 Å². The first kappa shape index (κ1) is 16.4. The zero-order valence-electron chi connectivity index (χ0n) is 12.7. The maximum atomic E-state index is 12.4. The van der Waals surface area contributed by atoms with Crippen LogP contribution < -0.4 is 0 Å². The highest BCUT2D eigenvalue weighted by atomic mass is 32.2. The van der Waals surface area contributed by atoms with Gasteiger partial charge in [-0.25, -0.2) is 8.42 Å². The maximum absolute atomic E-state index is 12.4. The van der Waals surface area contributed by atoms with Crippen molar-refractivity contribution in [2.24, 2.45) is 0 Å². The third-order valence-electron chi connectivity index (χ3n) is 3.86. The summed E-state index contributed by atoms with van der Waals surface area (Å²) in [6.45, 7) is 4.55. The molecule has 0 spiro atoms. The minimum atomic E-state index is -3.53. The van der Waals surface area contributed by atoms with Crippen molar-refractivity contribution in [3.63, 3.8) is 0 Å². The fourth-order valence-electron chi connectivity index (χ4n) is 2.61. The molecule has 0 saturated carbocycles. The van der Waals surface area contributed by atoms with Gasteiger partial charge < -0.3 is 10.0 Å². The highest BCUT2D eigenvalue weighted by Crippen LogP contribution is 2.16. The van der Waals surface area contributed by atoms with Gasteiger partial charge in [0.05, 0.1) is 11.0 Å². The van der Waals surface area contributed by atoms with Gasteiger partial charge in [0.1, 0.15) is 0 Å². The number of aliphatic hydroxyl groups excluding tert-OH is 1. The van der Waals surface area contributed by atoms with E-state index in [9.17, 15) is 13.5 Å². The zero-order chi connectivity index (χ0) is 15.5. The van der Waals surface area contributed by atoms with Crippen molar-refractivity contribution in [3.8, 4) is 0 Å². The van der Waals surface area contributed by atoms with E-state index in [0.717, 1.165) is 31.5 Å². The van der Waals surface area contributed by atoms with Gasteiger partial charge in [0.25, 0.3) is 0 Å². The molecular weight excluding hydrogens is 288 g/mol. The third kappa shape index (κ3) is 4.26. The second-order valence-electron chi connectivity index (χ2n) is 5.76. The average Bonchev–Trinajstić information content (AvgIpc) is 2.91. The molecule has 1 saturated heterocycles. The lowest BCUT2D eigenvalue weighted by atomic mass is 10.2. The first-order valence-corrected chi connectivity index (χ1v) is 8.77. The minimum absolute atomic E-state index is 0.118. The monoisotopic (exact) mass is 312 g/mol. The Bertz CT molecular complexity index is 551. The van der Waals surface area contributed by atoms with Crippen LogP contribution in [-0.2, 0) is 10.0 Å². The first-order valence-electron chi connectivity index (χ1n) is 7.33. The van der Waals surface area contributed by atoms with Gasteiger partial charge >= 0.3 is 0 Å². The van der Waals surface area contributed by atoms with Gasteiger partial charge in [-0.1, -0.05) is 17.7 Å². The van der Waals surface area contributed by atoms with E-state index >= 15 is 0 Å². The molecule has 1 atom stereocenters. The number of sulfonamides is 1. The molecule has 1 aromatic carbocycles. The van der Waals surface area contributed by atoms with E-state index in [1.54, 1.807) is 24.3 Å². The van der Waals surface area contributed by atoms with Crippen molar-refractivity contribution in [1.29, 1.82) is 0 Å². The number of aliphatic hydroxyl groups is 1. The summed E-state index contributed by atoms with van der Waals surface area (Å²) in [5, 5.41) is 10.1. The van der Waals surface area contributed by atoms with Crippen molar-refractivity contribution in [2.45, 2.75) is 30.8 Å². The quantitative estimate of drug-likeness (QED) is 0.854. The van der Waals surface area contributed by atoms with Crippen LogP contribution in [0.25, 0.3) is 0 Å². The topological polar surface area (TPSA) is 60.9 Å². The van der Waals surface area contributed by atoms with Crippen molar-refractivity contribution in [1.82, 2.24) is 9.21 Å². The molecule has 1 fully saturated rings. The van der Waals surface area contributed by atoms with Crippen LogP contribution >= 0.6 is 0 Å². The average molecular weight is 312 g/mol. The lowest BCUT2D eigenvalue weighted by Gasteiger charge is -2.24. The molecule has 1 aromatic rings. The third-order valence-corrected chi connectivity index (χ3v) is 5.70. The van der Waals surface area contributed by atoms with E-state index in [-0.39, 0.29) is 11.4 Å². The normalized spacial score (nSPS) is 18.3. The zero-order valence-corrected chi connectivity index (χ0v) is 13.5. The number of hydrogen-bond acceptors (Lipinski definition) is 4. The molecule has 1 aliphatic heterocycles. The molecule has 0 amide bonds. The van der Waals surface area contributed by atoms with Crippen molar-refractivity contribution in [2.75, 3.05) is 33.2 Å². The minimum Gasteiger partial charge on any atom is -0.390 e. The molecule has 1 heterocycles. The lowest BCUT2D eigenvalue weighted by molar-refractivity contribution is 0.110. The van der Waals surface area contributed by atoms with Crippen LogP contribution in [0.4, 0.5) is 0 Å². The fourth-order valence-corrected chi connectivity index (χ4v) is 3.81. The van der Waals surface area contributed by atoms with Crippen LogP contribution in [0, 0.1) is 6.92 Å². The van der Waals surface area contributed by atoms with Gasteiger partial charge in [-0.05, 0) is 45.0 Å². The number of hydrogen-bond donors (Lipinski definition) is 1. The molecule has 1 aliphatic rings. The Labute approximate surface area is 127 Å². The number of nitrogens with zero attached hydrogens (tertiary/aromatic N) is 2. The maximum Gasteiger partial charge on any atom is 0.242 e. The predicted molar refractivity (Wildman–Crippen MR) is 82.7 cm³/mol. The van der Waals surface area contributed by atoms with E-state index in [2.05, 4.69) is 4.90 Å². The molecule has 1 N–H and O–H groups in total.